The predicted molar refractivity (Wildman–Crippen MR) is 79.4 cm³/mol. The van der Waals surface area contributed by atoms with Gasteiger partial charge in [0.25, 0.3) is 0 Å². The van der Waals surface area contributed by atoms with Gasteiger partial charge in [-0.25, -0.2) is 5.84 Å². The number of nitrogens with one attached hydrogen (secondary N) is 1. The molecule has 4 nitrogen and oxygen atoms in total. The Kier molecular flexibility index (Phi) is 6.27. The summed E-state index contributed by atoms with van der Waals surface area (Å²) >= 11 is 0. The van der Waals surface area contributed by atoms with Gasteiger partial charge in [0.1, 0.15) is 0 Å². The minimum absolute atomic E-state index is 0.0609. The zero-order chi connectivity index (χ0) is 14.5. The minimum Gasteiger partial charge on any atom is -0.301 e. The molecule has 1 rings (SSSR count). The predicted octanol–water partition coefficient (Wildman–Crippen LogP) is 2.29. The maximum Gasteiger partial charge on any atom is 0.233 e. The number of likely N-dealkylation sites (tertiary alicyclic amines) is 1. The molecule has 1 heterocycles. The van der Waals surface area contributed by atoms with E-state index in [0.717, 1.165) is 25.4 Å². The highest BCUT2D eigenvalue weighted by Gasteiger charge is 2.28. The van der Waals surface area contributed by atoms with Crippen LogP contribution in [0.1, 0.15) is 59.8 Å². The largest absolute Gasteiger partial charge is 0.301 e. The highest BCUT2D eigenvalue weighted by molar-refractivity contribution is 5.75. The molecular formula is C15H31N3O. The number of amides is 1. The van der Waals surface area contributed by atoms with Gasteiger partial charge in [0.05, 0.1) is 0 Å². The van der Waals surface area contributed by atoms with Crippen molar-refractivity contribution in [1.29, 1.82) is 0 Å². The van der Waals surface area contributed by atoms with Gasteiger partial charge in [-0.2, -0.15) is 0 Å². The van der Waals surface area contributed by atoms with E-state index >= 15 is 0 Å². The molecular weight excluding hydrogens is 238 g/mol. The first-order chi connectivity index (χ1) is 8.84. The average Bonchev–Trinajstić information content (AvgIpc) is 2.60. The highest BCUT2D eigenvalue weighted by Crippen LogP contribution is 2.34. The third kappa shape index (κ3) is 5.49. The lowest BCUT2D eigenvalue weighted by atomic mass is 9.77. The number of hydrogen-bond acceptors (Lipinski definition) is 3. The Labute approximate surface area is 118 Å². The Morgan fingerprint density at radius 3 is 2.63 bits per heavy atom. The van der Waals surface area contributed by atoms with Crippen LogP contribution in [0.4, 0.5) is 0 Å². The number of hydrazine groups is 1. The summed E-state index contributed by atoms with van der Waals surface area (Å²) in [6.45, 7) is 11.6. The molecule has 4 heteroatoms. The Bertz CT molecular complexity index is 286. The number of carbonyl (C=O) groups is 1. The molecule has 0 aromatic rings. The molecule has 0 saturated carbocycles. The van der Waals surface area contributed by atoms with Crippen molar-refractivity contribution in [2.75, 3.05) is 13.1 Å². The van der Waals surface area contributed by atoms with Crippen LogP contribution >= 0.6 is 0 Å². The third-order valence-corrected chi connectivity index (χ3v) is 4.56. The highest BCUT2D eigenvalue weighted by atomic mass is 16.2. The molecule has 1 amide bonds. The fraction of sp³-hybridized carbons (Fsp3) is 0.933. The molecule has 19 heavy (non-hydrogen) atoms. The van der Waals surface area contributed by atoms with Crippen LogP contribution in [0.3, 0.4) is 0 Å². The van der Waals surface area contributed by atoms with Crippen LogP contribution in [0.15, 0.2) is 0 Å². The van der Waals surface area contributed by atoms with Gasteiger partial charge in [0.15, 0.2) is 0 Å². The monoisotopic (exact) mass is 269 g/mol. The van der Waals surface area contributed by atoms with Gasteiger partial charge in [-0.15, -0.1) is 0 Å². The van der Waals surface area contributed by atoms with Crippen molar-refractivity contribution in [2.45, 2.75) is 65.8 Å². The van der Waals surface area contributed by atoms with Gasteiger partial charge in [-0.05, 0) is 57.0 Å². The first-order valence-electron chi connectivity index (χ1n) is 7.58. The molecule has 0 bridgehead atoms. The molecule has 1 aliphatic rings. The zero-order valence-corrected chi connectivity index (χ0v) is 13.0. The minimum atomic E-state index is -0.0609. The Hall–Kier alpha value is -0.610. The molecule has 112 valence electrons. The van der Waals surface area contributed by atoms with Crippen LogP contribution in [0, 0.1) is 11.3 Å². The van der Waals surface area contributed by atoms with Gasteiger partial charge in [-0.3, -0.25) is 10.2 Å². The molecule has 1 aliphatic heterocycles. The third-order valence-electron chi connectivity index (χ3n) is 4.56. The molecule has 0 spiro atoms. The first kappa shape index (κ1) is 16.4. The lowest BCUT2D eigenvalue weighted by Crippen LogP contribution is -2.36. The fourth-order valence-corrected chi connectivity index (χ4v) is 3.02. The van der Waals surface area contributed by atoms with Crippen molar-refractivity contribution < 1.29 is 4.79 Å². The summed E-state index contributed by atoms with van der Waals surface area (Å²) in [6.07, 6.45) is 5.29. The summed E-state index contributed by atoms with van der Waals surface area (Å²) in [5.74, 6) is 5.87. The average molecular weight is 269 g/mol. The van der Waals surface area contributed by atoms with Crippen molar-refractivity contribution in [3.63, 3.8) is 0 Å². The van der Waals surface area contributed by atoms with Crippen LogP contribution in [-0.2, 0) is 4.79 Å². The van der Waals surface area contributed by atoms with Crippen LogP contribution in [0.25, 0.3) is 0 Å². The molecule has 3 N–H and O–H groups in total. The van der Waals surface area contributed by atoms with Crippen molar-refractivity contribution in [3.05, 3.63) is 0 Å². The van der Waals surface area contributed by atoms with E-state index in [1.54, 1.807) is 0 Å². The second kappa shape index (κ2) is 7.25. The molecule has 1 saturated heterocycles. The maximum absolute atomic E-state index is 11.2. The SMILES string of the molecule is CC(CCC(=O)NN)N1CCCC(C(C)(C)C)CC1. The smallest absolute Gasteiger partial charge is 0.233 e. The van der Waals surface area contributed by atoms with Crippen molar-refractivity contribution in [1.82, 2.24) is 10.3 Å². The van der Waals surface area contributed by atoms with E-state index in [-0.39, 0.29) is 5.91 Å². The lowest BCUT2D eigenvalue weighted by Gasteiger charge is -2.31. The van der Waals surface area contributed by atoms with Crippen molar-refractivity contribution in [2.24, 2.45) is 17.2 Å². The van der Waals surface area contributed by atoms with E-state index in [0.29, 0.717) is 17.9 Å². The first-order valence-corrected chi connectivity index (χ1v) is 7.58. The van der Waals surface area contributed by atoms with E-state index < -0.39 is 0 Å². The number of carbonyl (C=O) groups excluding carboxylic acids is 1. The lowest BCUT2D eigenvalue weighted by molar-refractivity contribution is -0.121. The Morgan fingerprint density at radius 1 is 1.37 bits per heavy atom. The second-order valence-corrected chi connectivity index (χ2v) is 6.99. The van der Waals surface area contributed by atoms with E-state index in [1.165, 1.54) is 19.3 Å². The Balaban J connectivity index is 2.41. The number of nitrogens with zero attached hydrogens (tertiary/aromatic N) is 1. The summed E-state index contributed by atoms with van der Waals surface area (Å²) in [7, 11) is 0. The van der Waals surface area contributed by atoms with Crippen LogP contribution in [0.2, 0.25) is 0 Å². The number of rotatable bonds is 4. The molecule has 2 unspecified atom stereocenters. The van der Waals surface area contributed by atoms with Gasteiger partial charge < -0.3 is 4.90 Å². The van der Waals surface area contributed by atoms with E-state index in [1.807, 2.05) is 0 Å². The van der Waals surface area contributed by atoms with Crippen molar-refractivity contribution >= 4 is 5.91 Å². The molecule has 0 aromatic heterocycles. The van der Waals surface area contributed by atoms with Gasteiger partial charge in [0.2, 0.25) is 5.91 Å². The Morgan fingerprint density at radius 2 is 2.05 bits per heavy atom. The molecule has 2 atom stereocenters. The van der Waals surface area contributed by atoms with Crippen LogP contribution < -0.4 is 11.3 Å². The van der Waals surface area contributed by atoms with Gasteiger partial charge in [-0.1, -0.05) is 20.8 Å². The summed E-state index contributed by atoms with van der Waals surface area (Å²) in [5, 5.41) is 0. The number of hydrogen-bond donors (Lipinski definition) is 2. The summed E-state index contributed by atoms with van der Waals surface area (Å²) in [6, 6.07) is 0.469. The van der Waals surface area contributed by atoms with Crippen molar-refractivity contribution in [3.8, 4) is 0 Å². The van der Waals surface area contributed by atoms with Crippen LogP contribution in [0.5, 0.6) is 0 Å². The summed E-state index contributed by atoms with van der Waals surface area (Å²) in [4.78, 5) is 13.7. The summed E-state index contributed by atoms with van der Waals surface area (Å²) in [5.41, 5.74) is 2.62. The van der Waals surface area contributed by atoms with E-state index in [2.05, 4.69) is 38.0 Å². The second-order valence-electron chi connectivity index (χ2n) is 6.99. The summed E-state index contributed by atoms with van der Waals surface area (Å²) < 4.78 is 0. The molecule has 0 radical (unpaired) electrons. The van der Waals surface area contributed by atoms with E-state index in [9.17, 15) is 4.79 Å². The van der Waals surface area contributed by atoms with Gasteiger partial charge in [0, 0.05) is 12.5 Å². The fourth-order valence-electron chi connectivity index (χ4n) is 3.02. The number of nitrogens with two attached hydrogens (primary N) is 1. The zero-order valence-electron chi connectivity index (χ0n) is 13.0. The normalized spacial score (nSPS) is 23.7. The quantitative estimate of drug-likeness (QED) is 0.468. The maximum atomic E-state index is 11.2. The van der Waals surface area contributed by atoms with Gasteiger partial charge >= 0.3 is 0 Å². The van der Waals surface area contributed by atoms with Crippen LogP contribution in [-0.4, -0.2) is 29.9 Å². The topological polar surface area (TPSA) is 58.4 Å². The molecule has 0 aliphatic carbocycles. The molecule has 0 aromatic carbocycles. The van der Waals surface area contributed by atoms with E-state index in [4.69, 9.17) is 5.84 Å². The molecule has 1 fully saturated rings. The standard InChI is InChI=1S/C15H31N3O/c1-12(7-8-14(19)17-16)18-10-5-6-13(9-11-18)15(2,3)4/h12-13H,5-11,16H2,1-4H3,(H,17,19).